The number of aromatic nitrogens is 1. The van der Waals surface area contributed by atoms with Crippen molar-refractivity contribution in [3.05, 3.63) is 71.2 Å². The number of ketones is 2. The van der Waals surface area contributed by atoms with Gasteiger partial charge in [-0.15, -0.1) is 0 Å². The summed E-state index contributed by atoms with van der Waals surface area (Å²) < 4.78 is 29.5. The average molecular weight is 480 g/mol. The first kappa shape index (κ1) is 25.4. The van der Waals surface area contributed by atoms with Crippen molar-refractivity contribution in [2.75, 3.05) is 20.8 Å². The highest BCUT2D eigenvalue weighted by atomic mass is 19.1. The maximum atomic E-state index is 13.7. The molecule has 182 valence electrons. The van der Waals surface area contributed by atoms with Crippen molar-refractivity contribution < 1.29 is 33.0 Å². The number of nitrogens with two attached hydrogens (primary N) is 1. The Balaban J connectivity index is 1.74. The molecule has 0 radical (unpaired) electrons. The number of halogens is 1. The number of carbonyl (C=O) groups excluding carboxylic acids is 3. The molecule has 35 heavy (non-hydrogen) atoms. The number of carbonyl (C=O) groups is 3. The van der Waals surface area contributed by atoms with Crippen molar-refractivity contribution >= 4 is 17.5 Å². The standard InChI is InChI=1S/C26H25FN2O6/c1-15-12-17(4-6-18(15)27)26-23(33-2)11-7-19(29-26)21(31)9-8-20(30)16-5-10-22(24(13-16)34-3)35-14-25(28)32/h4-7,10-13H,8-9,14H2,1-3H3,(H2,28,32). The van der Waals surface area contributed by atoms with Crippen LogP contribution < -0.4 is 19.9 Å². The van der Waals surface area contributed by atoms with E-state index >= 15 is 0 Å². The summed E-state index contributed by atoms with van der Waals surface area (Å²) in [4.78, 5) is 40.8. The SMILES string of the molecule is COc1cc(C(=O)CCC(=O)c2ccc(OC)c(-c3ccc(F)c(C)c3)n2)ccc1OCC(N)=O. The summed E-state index contributed by atoms with van der Waals surface area (Å²) in [6.07, 6.45) is -0.121. The molecule has 1 aromatic heterocycles. The zero-order valence-corrected chi connectivity index (χ0v) is 19.6. The number of amides is 1. The van der Waals surface area contributed by atoms with Crippen LogP contribution in [0.15, 0.2) is 48.5 Å². The lowest BCUT2D eigenvalue weighted by Gasteiger charge is -2.11. The van der Waals surface area contributed by atoms with Gasteiger partial charge in [0.2, 0.25) is 0 Å². The molecule has 0 aliphatic heterocycles. The number of methoxy groups -OCH3 is 2. The molecule has 1 heterocycles. The zero-order valence-electron chi connectivity index (χ0n) is 19.6. The van der Waals surface area contributed by atoms with Crippen molar-refractivity contribution in [2.24, 2.45) is 5.73 Å². The third kappa shape index (κ3) is 6.20. The number of hydrogen-bond donors (Lipinski definition) is 1. The number of pyridine rings is 1. The van der Waals surface area contributed by atoms with Gasteiger partial charge in [0, 0.05) is 24.0 Å². The Hall–Kier alpha value is -4.27. The van der Waals surface area contributed by atoms with E-state index in [0.717, 1.165) is 0 Å². The van der Waals surface area contributed by atoms with E-state index in [1.807, 2.05) is 0 Å². The Morgan fingerprint density at radius 1 is 0.886 bits per heavy atom. The van der Waals surface area contributed by atoms with E-state index in [1.165, 1.54) is 44.6 Å². The third-order valence-electron chi connectivity index (χ3n) is 5.23. The van der Waals surface area contributed by atoms with Crippen LogP contribution in [0, 0.1) is 12.7 Å². The van der Waals surface area contributed by atoms with Gasteiger partial charge >= 0.3 is 0 Å². The van der Waals surface area contributed by atoms with Crippen LogP contribution >= 0.6 is 0 Å². The summed E-state index contributed by atoms with van der Waals surface area (Å²) >= 11 is 0. The molecule has 0 fully saturated rings. The maximum absolute atomic E-state index is 13.7. The van der Waals surface area contributed by atoms with Crippen molar-refractivity contribution in [1.82, 2.24) is 4.98 Å². The lowest BCUT2D eigenvalue weighted by atomic mass is 10.0. The monoisotopic (exact) mass is 480 g/mol. The van der Waals surface area contributed by atoms with Gasteiger partial charge in [-0.05, 0) is 61.0 Å². The zero-order chi connectivity index (χ0) is 25.5. The first-order valence-electron chi connectivity index (χ1n) is 10.7. The highest BCUT2D eigenvalue weighted by molar-refractivity contribution is 6.02. The molecule has 0 atom stereocenters. The van der Waals surface area contributed by atoms with Crippen molar-refractivity contribution in [3.8, 4) is 28.5 Å². The summed E-state index contributed by atoms with van der Waals surface area (Å²) in [6.45, 7) is 1.31. The van der Waals surface area contributed by atoms with E-state index in [1.54, 1.807) is 25.1 Å². The van der Waals surface area contributed by atoms with Crippen LogP contribution in [0.25, 0.3) is 11.3 Å². The lowest BCUT2D eigenvalue weighted by molar-refractivity contribution is -0.119. The molecular weight excluding hydrogens is 455 g/mol. The molecule has 0 bridgehead atoms. The van der Waals surface area contributed by atoms with Crippen LogP contribution in [0.4, 0.5) is 4.39 Å². The summed E-state index contributed by atoms with van der Waals surface area (Å²) in [5.41, 5.74) is 7.03. The molecule has 0 aliphatic carbocycles. The minimum Gasteiger partial charge on any atom is -0.494 e. The van der Waals surface area contributed by atoms with Gasteiger partial charge in [-0.2, -0.15) is 0 Å². The molecule has 0 saturated heterocycles. The van der Waals surface area contributed by atoms with Crippen LogP contribution in [0.2, 0.25) is 0 Å². The van der Waals surface area contributed by atoms with Gasteiger partial charge in [0.25, 0.3) is 5.91 Å². The van der Waals surface area contributed by atoms with Crippen molar-refractivity contribution in [3.63, 3.8) is 0 Å². The van der Waals surface area contributed by atoms with E-state index < -0.39 is 5.91 Å². The molecule has 9 heteroatoms. The Morgan fingerprint density at radius 2 is 1.57 bits per heavy atom. The summed E-state index contributed by atoms with van der Waals surface area (Å²) in [5.74, 6) is -0.618. The fourth-order valence-electron chi connectivity index (χ4n) is 3.37. The summed E-state index contributed by atoms with van der Waals surface area (Å²) in [6, 6.07) is 12.2. The van der Waals surface area contributed by atoms with Crippen molar-refractivity contribution in [1.29, 1.82) is 0 Å². The summed E-state index contributed by atoms with van der Waals surface area (Å²) in [5, 5.41) is 0. The first-order valence-corrected chi connectivity index (χ1v) is 10.7. The van der Waals surface area contributed by atoms with E-state index in [-0.39, 0.29) is 54.0 Å². The molecule has 0 aliphatic rings. The Bertz CT molecular complexity index is 1270. The minimum absolute atomic E-state index is 0.0534. The number of rotatable bonds is 11. The van der Waals surface area contributed by atoms with Crippen LogP contribution in [0.3, 0.4) is 0 Å². The Labute approximate surface area is 201 Å². The maximum Gasteiger partial charge on any atom is 0.255 e. The highest BCUT2D eigenvalue weighted by Crippen LogP contribution is 2.31. The van der Waals surface area contributed by atoms with Crippen LogP contribution in [0.1, 0.15) is 39.3 Å². The number of hydrogen-bond acceptors (Lipinski definition) is 7. The van der Waals surface area contributed by atoms with E-state index in [4.69, 9.17) is 19.9 Å². The number of aryl methyl sites for hydroxylation is 1. The van der Waals surface area contributed by atoms with Gasteiger partial charge in [0.1, 0.15) is 23.0 Å². The molecule has 2 N–H and O–H groups in total. The second kappa shape index (κ2) is 11.2. The normalized spacial score (nSPS) is 10.5. The smallest absolute Gasteiger partial charge is 0.255 e. The quantitative estimate of drug-likeness (QED) is 0.413. The molecule has 0 spiro atoms. The number of ether oxygens (including phenoxy) is 3. The highest BCUT2D eigenvalue weighted by Gasteiger charge is 2.17. The number of primary amides is 1. The molecule has 3 aromatic rings. The summed E-state index contributed by atoms with van der Waals surface area (Å²) in [7, 11) is 2.88. The van der Waals surface area contributed by atoms with Gasteiger partial charge in [0.15, 0.2) is 29.7 Å². The molecule has 0 unspecified atom stereocenters. The predicted molar refractivity (Wildman–Crippen MR) is 126 cm³/mol. The fraction of sp³-hybridized carbons (Fsp3) is 0.231. The van der Waals surface area contributed by atoms with Gasteiger partial charge < -0.3 is 19.9 Å². The van der Waals surface area contributed by atoms with Gasteiger partial charge in [-0.25, -0.2) is 9.37 Å². The third-order valence-corrected chi connectivity index (χ3v) is 5.23. The minimum atomic E-state index is -0.643. The number of benzene rings is 2. The Kier molecular flexibility index (Phi) is 8.14. The van der Waals surface area contributed by atoms with Crippen molar-refractivity contribution in [2.45, 2.75) is 19.8 Å². The van der Waals surface area contributed by atoms with Gasteiger partial charge in [-0.3, -0.25) is 14.4 Å². The predicted octanol–water partition coefficient (Wildman–Crippen LogP) is 3.92. The van der Waals surface area contributed by atoms with Crippen LogP contribution in [0.5, 0.6) is 17.2 Å². The molecular formula is C26H25FN2O6. The molecule has 2 aromatic carbocycles. The molecule has 0 saturated carbocycles. The van der Waals surface area contributed by atoms with Crippen LogP contribution in [-0.4, -0.2) is 43.3 Å². The van der Waals surface area contributed by atoms with Gasteiger partial charge in [-0.1, -0.05) is 0 Å². The van der Waals surface area contributed by atoms with E-state index in [0.29, 0.717) is 28.1 Å². The second-order valence-corrected chi connectivity index (χ2v) is 7.68. The number of Topliss-reactive ketones (excluding diaryl/α,β-unsaturated/α-hetero) is 2. The Morgan fingerprint density at radius 3 is 2.23 bits per heavy atom. The fourth-order valence-corrected chi connectivity index (χ4v) is 3.37. The molecule has 1 amide bonds. The van der Waals surface area contributed by atoms with Gasteiger partial charge in [0.05, 0.1) is 14.2 Å². The van der Waals surface area contributed by atoms with E-state index in [9.17, 15) is 18.8 Å². The van der Waals surface area contributed by atoms with Crippen LogP contribution in [-0.2, 0) is 4.79 Å². The first-order chi connectivity index (χ1) is 16.7. The lowest BCUT2D eigenvalue weighted by Crippen LogP contribution is -2.20. The topological polar surface area (TPSA) is 118 Å². The molecule has 3 rings (SSSR count). The largest absolute Gasteiger partial charge is 0.494 e. The van der Waals surface area contributed by atoms with E-state index in [2.05, 4.69) is 4.98 Å². The average Bonchev–Trinajstić information content (AvgIpc) is 2.86. The number of nitrogens with zero attached hydrogens (tertiary/aromatic N) is 1. The second-order valence-electron chi connectivity index (χ2n) is 7.68. The molecule has 8 nitrogen and oxygen atoms in total.